The molecule has 3 heterocycles. The van der Waals surface area contributed by atoms with Crippen molar-refractivity contribution in [1.29, 1.82) is 0 Å². The highest BCUT2D eigenvalue weighted by Gasteiger charge is 2.37. The molecule has 2 aromatic rings. The Bertz CT molecular complexity index is 1120. The third-order valence-corrected chi connectivity index (χ3v) is 5.14. The van der Waals surface area contributed by atoms with Gasteiger partial charge in [0.1, 0.15) is 5.56 Å². The van der Waals surface area contributed by atoms with Crippen LogP contribution in [0.25, 0.3) is 0 Å². The van der Waals surface area contributed by atoms with Gasteiger partial charge in [-0.2, -0.15) is 31.4 Å². The van der Waals surface area contributed by atoms with Crippen molar-refractivity contribution in [1.82, 2.24) is 30.4 Å². The van der Waals surface area contributed by atoms with Gasteiger partial charge in [0.2, 0.25) is 5.82 Å². The molecule has 0 aliphatic carbocycles. The third kappa shape index (κ3) is 6.85. The summed E-state index contributed by atoms with van der Waals surface area (Å²) >= 11 is 0. The van der Waals surface area contributed by atoms with E-state index in [0.717, 1.165) is 18.6 Å². The minimum Gasteiger partial charge on any atom is -0.377 e. The van der Waals surface area contributed by atoms with Gasteiger partial charge in [0, 0.05) is 38.8 Å². The van der Waals surface area contributed by atoms with Gasteiger partial charge >= 0.3 is 18.4 Å². The number of urea groups is 1. The maximum atomic E-state index is 13.1. The first-order valence-electron chi connectivity index (χ1n) is 10.6. The number of hydrogen-bond acceptors (Lipinski definition) is 7. The van der Waals surface area contributed by atoms with Crippen LogP contribution in [0.1, 0.15) is 18.3 Å². The lowest BCUT2D eigenvalue weighted by molar-refractivity contribution is -0.145. The van der Waals surface area contributed by atoms with Crippen molar-refractivity contribution in [3.63, 3.8) is 0 Å². The molecule has 0 aromatic carbocycles. The molecule has 36 heavy (non-hydrogen) atoms. The van der Waals surface area contributed by atoms with Gasteiger partial charge in [0.25, 0.3) is 5.56 Å². The average molecular weight is 520 g/mol. The van der Waals surface area contributed by atoms with Crippen molar-refractivity contribution in [3.8, 4) is 0 Å². The smallest absolute Gasteiger partial charge is 0.377 e. The molecule has 1 saturated heterocycles. The van der Waals surface area contributed by atoms with E-state index in [4.69, 9.17) is 0 Å². The SMILES string of the molecule is CC(/C=C/CNC(=O)N1CCN(c2cnc(C(F)(F)F)nc2)CC1)Nc1cn[nH]c(=O)c1C(F)(F)F. The Morgan fingerprint density at radius 2 is 1.72 bits per heavy atom. The number of anilines is 2. The molecule has 1 aliphatic rings. The predicted molar refractivity (Wildman–Crippen MR) is 116 cm³/mol. The molecule has 2 aromatic heterocycles. The summed E-state index contributed by atoms with van der Waals surface area (Å²) in [6.45, 7) is 3.01. The maximum Gasteiger partial charge on any atom is 0.451 e. The van der Waals surface area contributed by atoms with Gasteiger partial charge in [-0.1, -0.05) is 12.2 Å². The molecule has 1 unspecified atom stereocenters. The zero-order valence-corrected chi connectivity index (χ0v) is 18.8. The number of carbonyl (C=O) groups excluding carboxylic acids is 1. The van der Waals surface area contributed by atoms with E-state index in [9.17, 15) is 35.9 Å². The summed E-state index contributed by atoms with van der Waals surface area (Å²) in [6.07, 6.45) is -3.38. The fourth-order valence-corrected chi connectivity index (χ4v) is 3.41. The molecule has 0 saturated carbocycles. The van der Waals surface area contributed by atoms with Crippen LogP contribution in [0.4, 0.5) is 42.5 Å². The van der Waals surface area contributed by atoms with Gasteiger partial charge in [0.05, 0.1) is 30.0 Å². The number of halogens is 6. The highest BCUT2D eigenvalue weighted by molar-refractivity contribution is 5.74. The van der Waals surface area contributed by atoms with E-state index in [2.05, 4.69) is 25.7 Å². The highest BCUT2D eigenvalue weighted by Crippen LogP contribution is 2.31. The molecule has 1 fully saturated rings. The number of rotatable bonds is 6. The number of carbonyl (C=O) groups is 1. The lowest BCUT2D eigenvalue weighted by Gasteiger charge is -2.35. The third-order valence-electron chi connectivity index (χ3n) is 5.14. The molecule has 2 amide bonds. The number of nitrogens with zero attached hydrogens (tertiary/aromatic N) is 5. The largest absolute Gasteiger partial charge is 0.451 e. The van der Waals surface area contributed by atoms with Crippen LogP contribution >= 0.6 is 0 Å². The van der Waals surface area contributed by atoms with E-state index in [1.165, 1.54) is 11.0 Å². The Balaban J connectivity index is 1.45. The molecule has 16 heteroatoms. The number of aromatic amines is 1. The molecule has 0 radical (unpaired) electrons. The summed E-state index contributed by atoms with van der Waals surface area (Å²) in [4.78, 5) is 33.8. The number of hydrogen-bond donors (Lipinski definition) is 3. The number of H-pyrrole nitrogens is 1. The number of alkyl halides is 6. The Morgan fingerprint density at radius 1 is 1.08 bits per heavy atom. The van der Waals surface area contributed by atoms with Crippen LogP contribution in [0.3, 0.4) is 0 Å². The number of nitrogens with one attached hydrogen (secondary N) is 3. The molecule has 10 nitrogen and oxygen atoms in total. The van der Waals surface area contributed by atoms with Crippen molar-refractivity contribution >= 4 is 17.4 Å². The van der Waals surface area contributed by atoms with E-state index >= 15 is 0 Å². The number of aromatic nitrogens is 4. The van der Waals surface area contributed by atoms with E-state index in [1.54, 1.807) is 23.0 Å². The fourth-order valence-electron chi connectivity index (χ4n) is 3.41. The first-order valence-corrected chi connectivity index (χ1v) is 10.6. The van der Waals surface area contributed by atoms with Gasteiger partial charge in [-0.3, -0.25) is 4.79 Å². The van der Waals surface area contributed by atoms with Gasteiger partial charge in [-0.05, 0) is 6.92 Å². The summed E-state index contributed by atoms with van der Waals surface area (Å²) in [5.41, 5.74) is -2.80. The van der Waals surface area contributed by atoms with Crippen LogP contribution in [0.5, 0.6) is 0 Å². The van der Waals surface area contributed by atoms with E-state index in [0.29, 0.717) is 31.9 Å². The Hall–Kier alpha value is -3.85. The maximum absolute atomic E-state index is 13.1. The number of piperazine rings is 1. The molecule has 0 bridgehead atoms. The van der Waals surface area contributed by atoms with Gasteiger partial charge in [0.15, 0.2) is 0 Å². The first kappa shape index (κ1) is 26.7. The summed E-state index contributed by atoms with van der Waals surface area (Å²) in [5.74, 6) is -1.23. The van der Waals surface area contributed by atoms with Crippen LogP contribution in [0, 0.1) is 0 Å². The monoisotopic (exact) mass is 520 g/mol. The normalized spacial score (nSPS) is 15.8. The Morgan fingerprint density at radius 3 is 2.31 bits per heavy atom. The van der Waals surface area contributed by atoms with Crippen LogP contribution in [-0.4, -0.2) is 69.9 Å². The van der Waals surface area contributed by atoms with Gasteiger partial charge < -0.3 is 20.4 Å². The predicted octanol–water partition coefficient (Wildman–Crippen LogP) is 2.49. The van der Waals surface area contributed by atoms with Gasteiger partial charge in [-0.25, -0.2) is 19.9 Å². The minimum absolute atomic E-state index is 0.0948. The molecule has 196 valence electrons. The van der Waals surface area contributed by atoms with Crippen molar-refractivity contribution in [2.24, 2.45) is 0 Å². The average Bonchev–Trinajstić information content (AvgIpc) is 2.80. The first-order chi connectivity index (χ1) is 16.9. The molecule has 1 aliphatic heterocycles. The molecule has 0 spiro atoms. The van der Waals surface area contributed by atoms with Crippen molar-refractivity contribution in [3.05, 3.63) is 52.5 Å². The van der Waals surface area contributed by atoms with E-state index in [-0.39, 0.29) is 12.6 Å². The van der Waals surface area contributed by atoms with E-state index < -0.39 is 41.0 Å². The Labute approximate surface area is 200 Å². The number of amides is 2. The molecular formula is C20H22F6N8O2. The van der Waals surface area contributed by atoms with Crippen LogP contribution in [0.15, 0.2) is 35.5 Å². The van der Waals surface area contributed by atoms with Gasteiger partial charge in [-0.15, -0.1) is 0 Å². The summed E-state index contributed by atoms with van der Waals surface area (Å²) < 4.78 is 77.1. The lowest BCUT2D eigenvalue weighted by atomic mass is 10.2. The fraction of sp³-hybridized carbons (Fsp3) is 0.450. The molecular weight excluding hydrogens is 498 g/mol. The lowest BCUT2D eigenvalue weighted by Crippen LogP contribution is -2.52. The zero-order chi connectivity index (χ0) is 26.5. The second kappa shape index (κ2) is 10.8. The summed E-state index contributed by atoms with van der Waals surface area (Å²) in [6, 6.07) is -0.983. The summed E-state index contributed by atoms with van der Waals surface area (Å²) in [5, 5.41) is 10.3. The van der Waals surface area contributed by atoms with Crippen molar-refractivity contribution in [2.45, 2.75) is 25.3 Å². The zero-order valence-electron chi connectivity index (χ0n) is 18.8. The second-order valence-electron chi connectivity index (χ2n) is 7.77. The van der Waals surface area contributed by atoms with E-state index in [1.807, 2.05) is 0 Å². The summed E-state index contributed by atoms with van der Waals surface area (Å²) in [7, 11) is 0. The standard InChI is InChI=1S/C20H22F6N8O2/c1-12(31-14-11-30-32-16(35)15(14)19(21,22)23)3-2-4-27-18(36)34-7-5-33(6-8-34)13-9-28-17(29-10-13)20(24,25)26/h2-3,9-12H,4-8H2,1H3,(H,27,36)(H2,31,32,35)/b3-2+. The topological polar surface area (TPSA) is 119 Å². The molecule has 3 N–H and O–H groups in total. The quantitative estimate of drug-likeness (QED) is 0.396. The molecule has 1 atom stereocenters. The Kier molecular flexibility index (Phi) is 8.04. The van der Waals surface area contributed by atoms with Crippen LogP contribution < -0.4 is 21.1 Å². The van der Waals surface area contributed by atoms with Crippen molar-refractivity contribution in [2.75, 3.05) is 42.9 Å². The molecule has 3 rings (SSSR count). The van der Waals surface area contributed by atoms with Crippen molar-refractivity contribution < 1.29 is 31.1 Å². The van der Waals surface area contributed by atoms with Crippen LogP contribution in [-0.2, 0) is 12.4 Å². The highest BCUT2D eigenvalue weighted by atomic mass is 19.4. The second-order valence-corrected chi connectivity index (χ2v) is 7.77. The van der Waals surface area contributed by atoms with Crippen LogP contribution in [0.2, 0.25) is 0 Å². The minimum atomic E-state index is -4.86.